The van der Waals surface area contributed by atoms with Crippen LogP contribution in [0.3, 0.4) is 0 Å². The first-order valence-electron chi connectivity index (χ1n) is 6.19. The van der Waals surface area contributed by atoms with E-state index in [9.17, 15) is 14.4 Å². The minimum absolute atomic E-state index is 0.000414. The number of carboxylic acid groups (broad SMARTS) is 1. The van der Waals surface area contributed by atoms with Crippen LogP contribution < -0.4 is 5.73 Å². The van der Waals surface area contributed by atoms with Crippen molar-refractivity contribution in [2.75, 3.05) is 6.61 Å². The minimum atomic E-state index is -2.27. The van der Waals surface area contributed by atoms with Gasteiger partial charge in [-0.2, -0.15) is 0 Å². The molecular formula is C13H21NO6. The molecule has 0 spiro atoms. The van der Waals surface area contributed by atoms with Crippen molar-refractivity contribution < 1.29 is 29.0 Å². The first-order valence-corrected chi connectivity index (χ1v) is 6.19. The maximum atomic E-state index is 11.5. The molecule has 0 bridgehead atoms. The van der Waals surface area contributed by atoms with Gasteiger partial charge in [0, 0.05) is 6.61 Å². The van der Waals surface area contributed by atoms with Crippen molar-refractivity contribution >= 4 is 17.9 Å². The molecule has 7 nitrogen and oxygen atoms in total. The Labute approximate surface area is 117 Å². The summed E-state index contributed by atoms with van der Waals surface area (Å²) in [6, 6.07) is 0. The monoisotopic (exact) mass is 287 g/mol. The Morgan fingerprint density at radius 3 is 2.15 bits per heavy atom. The molecule has 0 aliphatic heterocycles. The number of esters is 1. The molecule has 0 aromatic carbocycles. The van der Waals surface area contributed by atoms with Gasteiger partial charge in [0.15, 0.2) is 0 Å². The van der Waals surface area contributed by atoms with Crippen molar-refractivity contribution in [1.82, 2.24) is 0 Å². The highest BCUT2D eigenvalue weighted by Crippen LogP contribution is 2.20. The molecule has 0 saturated carbocycles. The highest BCUT2D eigenvalue weighted by Gasteiger charge is 2.40. The zero-order valence-corrected chi connectivity index (χ0v) is 12.2. The van der Waals surface area contributed by atoms with E-state index in [2.05, 4.69) is 0 Å². The van der Waals surface area contributed by atoms with Crippen LogP contribution in [0.1, 0.15) is 40.5 Å². The molecule has 1 unspecified atom stereocenters. The average Bonchev–Trinajstić information content (AvgIpc) is 2.27. The van der Waals surface area contributed by atoms with Crippen molar-refractivity contribution in [2.24, 2.45) is 5.73 Å². The van der Waals surface area contributed by atoms with E-state index in [-0.39, 0.29) is 25.0 Å². The second-order valence-electron chi connectivity index (χ2n) is 5.14. The van der Waals surface area contributed by atoms with Gasteiger partial charge >= 0.3 is 11.9 Å². The molecule has 0 radical (unpaired) electrons. The molecule has 20 heavy (non-hydrogen) atoms. The molecule has 0 saturated heterocycles. The van der Waals surface area contributed by atoms with E-state index in [1.54, 1.807) is 27.7 Å². The fourth-order valence-electron chi connectivity index (χ4n) is 1.44. The maximum Gasteiger partial charge on any atom is 0.356 e. The number of carbonyl (C=O) groups excluding carboxylic acids is 2. The first kappa shape index (κ1) is 18.3. The Morgan fingerprint density at radius 1 is 1.25 bits per heavy atom. The van der Waals surface area contributed by atoms with E-state index in [0.29, 0.717) is 0 Å². The Bertz CT molecular complexity index is 419. The van der Waals surface area contributed by atoms with E-state index in [0.717, 1.165) is 0 Å². The van der Waals surface area contributed by atoms with Gasteiger partial charge in [0.25, 0.3) is 0 Å². The van der Waals surface area contributed by atoms with E-state index in [4.69, 9.17) is 20.3 Å². The SMILES string of the molecule is CCOC(N)(C(=O)O)C(=C=O)CCC(=O)OC(C)(C)C. The summed E-state index contributed by atoms with van der Waals surface area (Å²) in [5.74, 6) is -0.618. The van der Waals surface area contributed by atoms with E-state index < -0.39 is 23.3 Å². The van der Waals surface area contributed by atoms with Crippen molar-refractivity contribution in [3.63, 3.8) is 0 Å². The number of carbonyl (C=O) groups is 2. The summed E-state index contributed by atoms with van der Waals surface area (Å²) in [7, 11) is 0. The van der Waals surface area contributed by atoms with E-state index in [1.165, 1.54) is 5.94 Å². The normalized spacial score (nSPS) is 14.1. The number of hydrogen-bond donors (Lipinski definition) is 2. The molecule has 1 atom stereocenters. The van der Waals surface area contributed by atoms with Gasteiger partial charge in [-0.15, -0.1) is 0 Å². The summed E-state index contributed by atoms with van der Waals surface area (Å²) in [4.78, 5) is 33.5. The van der Waals surface area contributed by atoms with Gasteiger partial charge < -0.3 is 14.6 Å². The Morgan fingerprint density at radius 2 is 1.80 bits per heavy atom. The standard InChI is InChI=1S/C13H21NO6/c1-5-19-13(14,11(17)18)9(8-15)6-7-10(16)20-12(2,3)4/h5-7,14H2,1-4H3,(H,17,18). The number of ether oxygens (including phenoxy) is 2. The van der Waals surface area contributed by atoms with Crippen LogP contribution in [0.15, 0.2) is 5.57 Å². The molecule has 0 amide bonds. The zero-order chi connectivity index (χ0) is 16.0. The Balaban J connectivity index is 4.84. The molecule has 3 N–H and O–H groups in total. The lowest BCUT2D eigenvalue weighted by Gasteiger charge is -2.25. The van der Waals surface area contributed by atoms with Crippen molar-refractivity contribution in [1.29, 1.82) is 0 Å². The van der Waals surface area contributed by atoms with Gasteiger partial charge in [-0.05, 0) is 34.1 Å². The topological polar surface area (TPSA) is 116 Å². The second-order valence-corrected chi connectivity index (χ2v) is 5.14. The molecule has 0 heterocycles. The van der Waals surface area contributed by atoms with Crippen LogP contribution in [0.4, 0.5) is 0 Å². The van der Waals surface area contributed by atoms with Crippen LogP contribution in [0.2, 0.25) is 0 Å². The predicted molar refractivity (Wildman–Crippen MR) is 70.5 cm³/mol. The van der Waals surface area contributed by atoms with E-state index in [1.807, 2.05) is 0 Å². The molecule has 0 aliphatic rings. The summed E-state index contributed by atoms with van der Waals surface area (Å²) in [5.41, 5.74) is 2.29. The predicted octanol–water partition coefficient (Wildman–Crippen LogP) is 0.642. The zero-order valence-electron chi connectivity index (χ0n) is 12.2. The number of nitrogens with two attached hydrogens (primary N) is 1. The molecule has 0 aromatic rings. The summed E-state index contributed by atoms with van der Waals surface area (Å²) in [6.07, 6.45) is -0.373. The van der Waals surface area contributed by atoms with Crippen LogP contribution in [0.25, 0.3) is 0 Å². The summed E-state index contributed by atoms with van der Waals surface area (Å²) < 4.78 is 9.96. The number of rotatable bonds is 7. The molecule has 0 fully saturated rings. The molecule has 114 valence electrons. The summed E-state index contributed by atoms with van der Waals surface area (Å²) in [6.45, 7) is 6.64. The Kier molecular flexibility index (Phi) is 6.58. The van der Waals surface area contributed by atoms with Crippen LogP contribution in [-0.4, -0.2) is 40.9 Å². The van der Waals surface area contributed by atoms with Crippen molar-refractivity contribution in [3.8, 4) is 0 Å². The average molecular weight is 287 g/mol. The van der Waals surface area contributed by atoms with Crippen molar-refractivity contribution in [2.45, 2.75) is 51.9 Å². The molecule has 0 aromatic heterocycles. The highest BCUT2D eigenvalue weighted by molar-refractivity contribution is 5.85. The Hall–Kier alpha value is -1.69. The number of carboxylic acids is 1. The van der Waals surface area contributed by atoms with Gasteiger partial charge in [-0.3, -0.25) is 10.5 Å². The third kappa shape index (κ3) is 5.52. The maximum absolute atomic E-state index is 11.5. The van der Waals surface area contributed by atoms with Crippen LogP contribution >= 0.6 is 0 Å². The smallest absolute Gasteiger partial charge is 0.356 e. The van der Waals surface area contributed by atoms with Gasteiger partial charge in [-0.25, -0.2) is 9.59 Å². The van der Waals surface area contributed by atoms with Gasteiger partial charge in [0.1, 0.15) is 11.5 Å². The van der Waals surface area contributed by atoms with Gasteiger partial charge in [0.05, 0.1) is 12.0 Å². The van der Waals surface area contributed by atoms with Crippen LogP contribution in [0, 0.1) is 0 Å². The second kappa shape index (κ2) is 7.19. The molecular weight excluding hydrogens is 266 g/mol. The quantitative estimate of drug-likeness (QED) is 0.401. The fraction of sp³-hybridized carbons (Fsp3) is 0.692. The third-order valence-corrected chi connectivity index (χ3v) is 2.26. The van der Waals surface area contributed by atoms with Crippen LogP contribution in [0.5, 0.6) is 0 Å². The van der Waals surface area contributed by atoms with E-state index >= 15 is 0 Å². The number of aliphatic carboxylic acids is 1. The first-order chi connectivity index (χ1) is 9.06. The van der Waals surface area contributed by atoms with Gasteiger partial charge in [0.2, 0.25) is 5.72 Å². The third-order valence-electron chi connectivity index (χ3n) is 2.26. The molecule has 0 rings (SSSR count). The number of hydrogen-bond acceptors (Lipinski definition) is 6. The lowest BCUT2D eigenvalue weighted by Crippen LogP contribution is -2.52. The lowest BCUT2D eigenvalue weighted by atomic mass is 10.00. The molecule has 0 aliphatic carbocycles. The molecule has 7 heteroatoms. The lowest BCUT2D eigenvalue weighted by molar-refractivity contribution is -0.161. The fourth-order valence-corrected chi connectivity index (χ4v) is 1.44. The largest absolute Gasteiger partial charge is 0.478 e. The summed E-state index contributed by atoms with van der Waals surface area (Å²) in [5, 5.41) is 9.05. The summed E-state index contributed by atoms with van der Waals surface area (Å²) >= 11 is 0. The van der Waals surface area contributed by atoms with Crippen molar-refractivity contribution in [3.05, 3.63) is 5.57 Å². The van der Waals surface area contributed by atoms with Gasteiger partial charge in [-0.1, -0.05) is 0 Å². The minimum Gasteiger partial charge on any atom is -0.478 e. The highest BCUT2D eigenvalue weighted by atomic mass is 16.6. The van der Waals surface area contributed by atoms with Crippen LogP contribution in [-0.2, 0) is 23.9 Å².